The van der Waals surface area contributed by atoms with E-state index in [1.54, 1.807) is 13.3 Å². The molecule has 1 saturated heterocycles. The molecule has 4 nitrogen and oxygen atoms in total. The Kier molecular flexibility index (Phi) is 5.61. The molecule has 19 heavy (non-hydrogen) atoms. The number of piperidine rings is 1. The van der Waals surface area contributed by atoms with Crippen molar-refractivity contribution in [1.29, 1.82) is 0 Å². The maximum atomic E-state index is 5.26. The molecule has 0 radical (unpaired) electrons. The number of hydrogen-bond acceptors (Lipinski definition) is 4. The third kappa shape index (κ3) is 4.18. The molecule has 0 aromatic carbocycles. The minimum Gasteiger partial charge on any atom is -0.481 e. The van der Waals surface area contributed by atoms with Gasteiger partial charge in [0, 0.05) is 18.3 Å². The standard InChI is InChI=1S/C15H25N3O/c1-3-18-9-6-13(7-10-18)11-16-12-14-5-4-8-17-15(14)19-2/h4-5,8,13,16H,3,6-7,9-12H2,1-2H3. The van der Waals surface area contributed by atoms with E-state index in [1.165, 1.54) is 32.5 Å². The first kappa shape index (κ1) is 14.3. The molecule has 0 saturated carbocycles. The minimum atomic E-state index is 0.732. The average molecular weight is 263 g/mol. The quantitative estimate of drug-likeness (QED) is 0.851. The van der Waals surface area contributed by atoms with Crippen LogP contribution in [0.5, 0.6) is 5.88 Å². The van der Waals surface area contributed by atoms with Gasteiger partial charge in [0.1, 0.15) is 0 Å². The zero-order chi connectivity index (χ0) is 13.5. The van der Waals surface area contributed by atoms with Crippen molar-refractivity contribution < 1.29 is 4.74 Å². The second kappa shape index (κ2) is 7.46. The number of aromatic nitrogens is 1. The predicted octanol–water partition coefficient (Wildman–Crippen LogP) is 1.91. The molecule has 0 atom stereocenters. The molecule has 0 spiro atoms. The van der Waals surface area contributed by atoms with Gasteiger partial charge in [0.05, 0.1) is 7.11 Å². The molecule has 1 N–H and O–H groups in total. The number of nitrogens with one attached hydrogen (secondary N) is 1. The van der Waals surface area contributed by atoms with Gasteiger partial charge < -0.3 is 15.0 Å². The number of nitrogens with zero attached hydrogens (tertiary/aromatic N) is 2. The van der Waals surface area contributed by atoms with Crippen LogP contribution in [0.4, 0.5) is 0 Å². The van der Waals surface area contributed by atoms with Crippen LogP contribution in [-0.2, 0) is 6.54 Å². The van der Waals surface area contributed by atoms with Gasteiger partial charge in [-0.2, -0.15) is 0 Å². The average Bonchev–Trinajstić information content (AvgIpc) is 2.48. The van der Waals surface area contributed by atoms with Gasteiger partial charge in [-0.1, -0.05) is 13.0 Å². The van der Waals surface area contributed by atoms with Gasteiger partial charge in [0.15, 0.2) is 0 Å². The van der Waals surface area contributed by atoms with Crippen LogP contribution in [0.15, 0.2) is 18.3 Å². The van der Waals surface area contributed by atoms with E-state index in [0.29, 0.717) is 0 Å². The van der Waals surface area contributed by atoms with E-state index in [1.807, 2.05) is 6.07 Å². The third-order valence-electron chi connectivity index (χ3n) is 3.95. The molecule has 1 aliphatic rings. The number of likely N-dealkylation sites (tertiary alicyclic amines) is 1. The molecule has 0 amide bonds. The van der Waals surface area contributed by atoms with Crippen LogP contribution in [0.1, 0.15) is 25.3 Å². The summed E-state index contributed by atoms with van der Waals surface area (Å²) in [5.41, 5.74) is 1.14. The summed E-state index contributed by atoms with van der Waals surface area (Å²) in [6.45, 7) is 7.86. The van der Waals surface area contributed by atoms with E-state index >= 15 is 0 Å². The zero-order valence-corrected chi connectivity index (χ0v) is 12.1. The van der Waals surface area contributed by atoms with E-state index in [-0.39, 0.29) is 0 Å². The van der Waals surface area contributed by atoms with Gasteiger partial charge in [0.25, 0.3) is 0 Å². The fraction of sp³-hybridized carbons (Fsp3) is 0.667. The first-order chi connectivity index (χ1) is 9.33. The van der Waals surface area contributed by atoms with E-state index in [2.05, 4.69) is 28.2 Å². The van der Waals surface area contributed by atoms with Gasteiger partial charge in [-0.05, 0) is 51.0 Å². The Morgan fingerprint density at radius 2 is 2.21 bits per heavy atom. The Morgan fingerprint density at radius 1 is 1.42 bits per heavy atom. The third-order valence-corrected chi connectivity index (χ3v) is 3.95. The van der Waals surface area contributed by atoms with Crippen LogP contribution in [0.25, 0.3) is 0 Å². The largest absolute Gasteiger partial charge is 0.481 e. The Labute approximate surface area is 116 Å². The SMILES string of the molecule is CCN1CCC(CNCc2cccnc2OC)CC1. The Morgan fingerprint density at radius 3 is 2.89 bits per heavy atom. The molecule has 106 valence electrons. The number of pyridine rings is 1. The van der Waals surface area contributed by atoms with E-state index in [9.17, 15) is 0 Å². The zero-order valence-electron chi connectivity index (χ0n) is 12.1. The molecule has 4 heteroatoms. The normalized spacial score (nSPS) is 17.6. The Hall–Kier alpha value is -1.13. The summed E-state index contributed by atoms with van der Waals surface area (Å²) in [4.78, 5) is 6.74. The highest BCUT2D eigenvalue weighted by molar-refractivity contribution is 5.24. The lowest BCUT2D eigenvalue weighted by Gasteiger charge is -2.31. The van der Waals surface area contributed by atoms with Gasteiger partial charge >= 0.3 is 0 Å². The summed E-state index contributed by atoms with van der Waals surface area (Å²) in [5.74, 6) is 1.54. The molecular formula is C15H25N3O. The van der Waals surface area contributed by atoms with Gasteiger partial charge in [-0.3, -0.25) is 0 Å². The van der Waals surface area contributed by atoms with Crippen molar-refractivity contribution in [3.8, 4) is 5.88 Å². The van der Waals surface area contributed by atoms with Gasteiger partial charge in [-0.25, -0.2) is 4.98 Å². The summed E-state index contributed by atoms with van der Waals surface area (Å²) < 4.78 is 5.26. The molecule has 1 fully saturated rings. The number of methoxy groups -OCH3 is 1. The lowest BCUT2D eigenvalue weighted by molar-refractivity contribution is 0.190. The molecule has 1 aliphatic heterocycles. The van der Waals surface area contributed by atoms with Crippen LogP contribution in [0.3, 0.4) is 0 Å². The Balaban J connectivity index is 1.72. The summed E-state index contributed by atoms with van der Waals surface area (Å²) in [7, 11) is 1.67. The number of hydrogen-bond donors (Lipinski definition) is 1. The summed E-state index contributed by atoms with van der Waals surface area (Å²) >= 11 is 0. The van der Waals surface area contributed by atoms with Crippen molar-refractivity contribution in [3.05, 3.63) is 23.9 Å². The highest BCUT2D eigenvalue weighted by Gasteiger charge is 2.17. The topological polar surface area (TPSA) is 37.4 Å². The first-order valence-electron chi connectivity index (χ1n) is 7.24. The molecule has 0 bridgehead atoms. The minimum absolute atomic E-state index is 0.732. The van der Waals surface area contributed by atoms with Gasteiger partial charge in [0.2, 0.25) is 5.88 Å². The molecule has 1 aromatic rings. The predicted molar refractivity (Wildman–Crippen MR) is 77.3 cm³/mol. The number of ether oxygens (including phenoxy) is 1. The van der Waals surface area contributed by atoms with Crippen molar-refractivity contribution in [2.24, 2.45) is 5.92 Å². The first-order valence-corrected chi connectivity index (χ1v) is 7.24. The van der Waals surface area contributed by atoms with Crippen molar-refractivity contribution in [2.75, 3.05) is 33.3 Å². The molecule has 0 aliphatic carbocycles. The maximum Gasteiger partial charge on any atom is 0.217 e. The fourth-order valence-electron chi connectivity index (χ4n) is 2.66. The van der Waals surface area contributed by atoms with Crippen LogP contribution in [0, 0.1) is 5.92 Å². The second-order valence-electron chi connectivity index (χ2n) is 5.18. The molecule has 1 aromatic heterocycles. The van der Waals surface area contributed by atoms with E-state index in [4.69, 9.17) is 4.74 Å². The highest BCUT2D eigenvalue weighted by atomic mass is 16.5. The van der Waals surface area contributed by atoms with Crippen LogP contribution in [0.2, 0.25) is 0 Å². The van der Waals surface area contributed by atoms with Crippen molar-refractivity contribution in [2.45, 2.75) is 26.3 Å². The monoisotopic (exact) mass is 263 g/mol. The summed E-state index contributed by atoms with van der Waals surface area (Å²) in [5, 5.41) is 3.54. The summed E-state index contributed by atoms with van der Waals surface area (Å²) in [6, 6.07) is 4.03. The molecule has 2 heterocycles. The smallest absolute Gasteiger partial charge is 0.217 e. The van der Waals surface area contributed by atoms with Crippen LogP contribution in [-0.4, -0.2) is 43.2 Å². The Bertz CT molecular complexity index is 375. The van der Waals surface area contributed by atoms with E-state index < -0.39 is 0 Å². The number of rotatable bonds is 6. The molecular weight excluding hydrogens is 238 g/mol. The van der Waals surface area contributed by atoms with Crippen LogP contribution < -0.4 is 10.1 Å². The van der Waals surface area contributed by atoms with Crippen molar-refractivity contribution in [1.82, 2.24) is 15.2 Å². The van der Waals surface area contributed by atoms with Crippen molar-refractivity contribution in [3.63, 3.8) is 0 Å². The lowest BCUT2D eigenvalue weighted by atomic mass is 9.97. The maximum absolute atomic E-state index is 5.26. The highest BCUT2D eigenvalue weighted by Crippen LogP contribution is 2.17. The fourth-order valence-corrected chi connectivity index (χ4v) is 2.66. The van der Waals surface area contributed by atoms with Gasteiger partial charge in [-0.15, -0.1) is 0 Å². The summed E-state index contributed by atoms with van der Waals surface area (Å²) in [6.07, 6.45) is 4.39. The molecule has 2 rings (SSSR count). The lowest BCUT2D eigenvalue weighted by Crippen LogP contribution is -2.37. The van der Waals surface area contributed by atoms with E-state index in [0.717, 1.165) is 30.5 Å². The van der Waals surface area contributed by atoms with Crippen LogP contribution >= 0.6 is 0 Å². The van der Waals surface area contributed by atoms with Crippen molar-refractivity contribution >= 4 is 0 Å². The molecule has 0 unspecified atom stereocenters. The second-order valence-corrected chi connectivity index (χ2v) is 5.18.